The number of carbonyl (C=O) groups excluding carboxylic acids is 2. The molecule has 2 amide bonds. The fraction of sp³-hybridized carbons (Fsp3) is 0.550. The van der Waals surface area contributed by atoms with E-state index in [1.807, 2.05) is 0 Å². The minimum atomic E-state index is -1.48. The molecule has 1 spiro atoms. The smallest absolute Gasteiger partial charge is 0.292 e. The Morgan fingerprint density at radius 2 is 1.93 bits per heavy atom. The number of amides is 2. The summed E-state index contributed by atoms with van der Waals surface area (Å²) in [7, 11) is 0. The Labute approximate surface area is 163 Å². The molecule has 0 saturated carbocycles. The molecular weight excluding hydrogens is 362 g/mol. The summed E-state index contributed by atoms with van der Waals surface area (Å²) in [5, 5.41) is 8.81. The van der Waals surface area contributed by atoms with Gasteiger partial charge in [-0.1, -0.05) is 0 Å². The van der Waals surface area contributed by atoms with Crippen LogP contribution >= 0.6 is 0 Å². The van der Waals surface area contributed by atoms with Crippen molar-refractivity contribution in [2.75, 3.05) is 51.0 Å². The lowest BCUT2D eigenvalue weighted by Gasteiger charge is -2.32. The summed E-state index contributed by atoms with van der Waals surface area (Å²) >= 11 is 0. The zero-order valence-corrected chi connectivity index (χ0v) is 15.7. The third-order valence-corrected chi connectivity index (χ3v) is 5.28. The molecule has 148 valence electrons. The second kappa shape index (κ2) is 7.87. The molecule has 8 nitrogen and oxygen atoms in total. The van der Waals surface area contributed by atoms with Crippen LogP contribution in [0.3, 0.4) is 0 Å². The van der Waals surface area contributed by atoms with E-state index in [0.717, 1.165) is 0 Å². The molecule has 1 aromatic rings. The first kappa shape index (κ1) is 18.9. The summed E-state index contributed by atoms with van der Waals surface area (Å²) in [6.45, 7) is 3.39. The van der Waals surface area contributed by atoms with Gasteiger partial charge in [0.25, 0.3) is 17.6 Å². The van der Waals surface area contributed by atoms with Crippen LogP contribution in [-0.2, 0) is 24.8 Å². The van der Waals surface area contributed by atoms with E-state index in [1.54, 1.807) is 28.0 Å². The molecule has 8 heteroatoms. The van der Waals surface area contributed by atoms with E-state index in [4.69, 9.17) is 19.5 Å². The number of morpholine rings is 1. The van der Waals surface area contributed by atoms with Crippen LogP contribution in [0.2, 0.25) is 0 Å². The minimum Gasteiger partial charge on any atom is -0.378 e. The van der Waals surface area contributed by atoms with Crippen molar-refractivity contribution in [3.63, 3.8) is 0 Å². The molecule has 3 heterocycles. The van der Waals surface area contributed by atoms with Gasteiger partial charge in [-0.3, -0.25) is 9.59 Å². The van der Waals surface area contributed by atoms with Gasteiger partial charge in [0.2, 0.25) is 0 Å². The van der Waals surface area contributed by atoms with Gasteiger partial charge in [0.15, 0.2) is 0 Å². The van der Waals surface area contributed by atoms with Crippen molar-refractivity contribution in [2.45, 2.75) is 25.0 Å². The first-order valence-corrected chi connectivity index (χ1v) is 9.66. The molecule has 28 heavy (non-hydrogen) atoms. The maximum atomic E-state index is 13.2. The Bertz CT molecular complexity index is 807. The molecule has 3 aliphatic heterocycles. The van der Waals surface area contributed by atoms with Crippen LogP contribution in [0.25, 0.3) is 0 Å². The number of hydrogen-bond acceptors (Lipinski definition) is 6. The van der Waals surface area contributed by atoms with Crippen LogP contribution in [0.4, 0.5) is 5.69 Å². The molecule has 0 aromatic heterocycles. The first-order valence-electron chi connectivity index (χ1n) is 9.66. The van der Waals surface area contributed by atoms with Gasteiger partial charge in [-0.05, 0) is 31.0 Å². The number of benzene rings is 1. The SMILES string of the molecule is N#CCCCN1C(=O)C2(OCCCO2)c2cc(C(=O)N3CCOCC3)ccc21. The van der Waals surface area contributed by atoms with E-state index in [9.17, 15) is 9.59 Å². The number of unbranched alkanes of at least 4 members (excludes halogenated alkanes) is 1. The van der Waals surface area contributed by atoms with E-state index in [-0.39, 0.29) is 11.8 Å². The predicted molar refractivity (Wildman–Crippen MR) is 98.6 cm³/mol. The Hall–Kier alpha value is -2.47. The quantitative estimate of drug-likeness (QED) is 0.728. The lowest BCUT2D eigenvalue weighted by Crippen LogP contribution is -2.47. The maximum absolute atomic E-state index is 13.2. The molecule has 0 N–H and O–H groups in total. The predicted octanol–water partition coefficient (Wildman–Crippen LogP) is 1.40. The van der Waals surface area contributed by atoms with E-state index in [0.29, 0.717) is 82.1 Å². The van der Waals surface area contributed by atoms with Gasteiger partial charge < -0.3 is 24.0 Å². The van der Waals surface area contributed by atoms with Crippen LogP contribution < -0.4 is 4.90 Å². The fourth-order valence-electron chi connectivity index (χ4n) is 3.87. The first-order chi connectivity index (χ1) is 13.7. The van der Waals surface area contributed by atoms with Crippen molar-refractivity contribution in [3.8, 4) is 6.07 Å². The number of nitriles is 1. The van der Waals surface area contributed by atoms with Gasteiger partial charge in [-0.25, -0.2) is 0 Å². The van der Waals surface area contributed by atoms with Crippen molar-refractivity contribution in [1.29, 1.82) is 5.26 Å². The van der Waals surface area contributed by atoms with Gasteiger partial charge in [0.05, 0.1) is 38.2 Å². The van der Waals surface area contributed by atoms with Crippen LogP contribution in [0.1, 0.15) is 35.2 Å². The topological polar surface area (TPSA) is 92.1 Å². The molecule has 0 radical (unpaired) electrons. The number of nitrogens with zero attached hydrogens (tertiary/aromatic N) is 3. The Morgan fingerprint density at radius 1 is 1.18 bits per heavy atom. The third kappa shape index (κ3) is 3.15. The second-order valence-corrected chi connectivity index (χ2v) is 7.02. The van der Waals surface area contributed by atoms with E-state index in [1.165, 1.54) is 0 Å². The average Bonchev–Trinajstić information content (AvgIpc) is 2.97. The van der Waals surface area contributed by atoms with Crippen molar-refractivity contribution < 1.29 is 23.8 Å². The highest BCUT2D eigenvalue weighted by atomic mass is 16.7. The monoisotopic (exact) mass is 385 g/mol. The minimum absolute atomic E-state index is 0.0903. The highest BCUT2D eigenvalue weighted by Gasteiger charge is 2.55. The summed E-state index contributed by atoms with van der Waals surface area (Å²) in [5.74, 6) is -1.86. The van der Waals surface area contributed by atoms with E-state index in [2.05, 4.69) is 6.07 Å². The van der Waals surface area contributed by atoms with Crippen LogP contribution in [-0.4, -0.2) is 62.8 Å². The van der Waals surface area contributed by atoms with Crippen LogP contribution in [0.5, 0.6) is 0 Å². The average molecular weight is 385 g/mol. The third-order valence-electron chi connectivity index (χ3n) is 5.28. The molecule has 2 saturated heterocycles. The van der Waals surface area contributed by atoms with Crippen LogP contribution in [0.15, 0.2) is 18.2 Å². The van der Waals surface area contributed by atoms with E-state index < -0.39 is 5.79 Å². The highest BCUT2D eigenvalue weighted by molar-refractivity contribution is 6.07. The normalized spacial score (nSPS) is 20.9. The van der Waals surface area contributed by atoms with Gasteiger partial charge in [-0.15, -0.1) is 0 Å². The molecule has 0 atom stereocenters. The number of hydrogen-bond donors (Lipinski definition) is 0. The molecule has 4 rings (SSSR count). The van der Waals surface area contributed by atoms with Gasteiger partial charge in [-0.2, -0.15) is 5.26 Å². The van der Waals surface area contributed by atoms with Crippen molar-refractivity contribution in [1.82, 2.24) is 4.90 Å². The Balaban J connectivity index is 1.68. The number of fused-ring (bicyclic) bond motifs is 2. The molecule has 2 fully saturated rings. The van der Waals surface area contributed by atoms with Gasteiger partial charge in [0, 0.05) is 37.2 Å². The highest BCUT2D eigenvalue weighted by Crippen LogP contribution is 2.45. The summed E-state index contributed by atoms with van der Waals surface area (Å²) < 4.78 is 17.0. The van der Waals surface area contributed by atoms with Gasteiger partial charge in [0.1, 0.15) is 0 Å². The lowest BCUT2D eigenvalue weighted by molar-refractivity contribution is -0.256. The van der Waals surface area contributed by atoms with Gasteiger partial charge >= 0.3 is 0 Å². The fourth-order valence-corrected chi connectivity index (χ4v) is 3.87. The number of carbonyl (C=O) groups is 2. The molecule has 3 aliphatic rings. The Kier molecular flexibility index (Phi) is 5.31. The summed E-state index contributed by atoms with van der Waals surface area (Å²) in [4.78, 5) is 29.5. The second-order valence-electron chi connectivity index (χ2n) is 7.02. The summed E-state index contributed by atoms with van der Waals surface area (Å²) in [5.41, 5.74) is 1.76. The molecule has 0 aliphatic carbocycles. The number of ether oxygens (including phenoxy) is 3. The molecule has 1 aromatic carbocycles. The largest absolute Gasteiger partial charge is 0.378 e. The molecule has 0 bridgehead atoms. The Morgan fingerprint density at radius 3 is 2.64 bits per heavy atom. The van der Waals surface area contributed by atoms with Crippen molar-refractivity contribution >= 4 is 17.5 Å². The number of rotatable bonds is 4. The van der Waals surface area contributed by atoms with Crippen molar-refractivity contribution in [2.24, 2.45) is 0 Å². The zero-order chi connectivity index (χ0) is 19.6. The van der Waals surface area contributed by atoms with E-state index >= 15 is 0 Å². The summed E-state index contributed by atoms with van der Waals surface area (Å²) in [6.07, 6.45) is 1.64. The summed E-state index contributed by atoms with van der Waals surface area (Å²) in [6, 6.07) is 7.34. The lowest BCUT2D eigenvalue weighted by atomic mass is 10.0. The van der Waals surface area contributed by atoms with Crippen LogP contribution in [0, 0.1) is 11.3 Å². The standard InChI is InChI=1S/C20H23N3O5/c21-6-1-2-7-23-17-5-4-15(18(24)22-8-12-26-13-9-22)14-16(17)20(19(23)25)27-10-3-11-28-20/h4-5,14H,1-3,7-13H2. The molecular formula is C20H23N3O5. The maximum Gasteiger partial charge on any atom is 0.292 e. The molecule has 0 unspecified atom stereocenters. The zero-order valence-electron chi connectivity index (χ0n) is 15.7. The number of anilines is 1. The van der Waals surface area contributed by atoms with Crippen molar-refractivity contribution in [3.05, 3.63) is 29.3 Å².